The molecule has 3 nitrogen and oxygen atoms in total. The van der Waals surface area contributed by atoms with Crippen molar-refractivity contribution in [2.24, 2.45) is 0 Å². The Hall–Kier alpha value is -8.66. The van der Waals surface area contributed by atoms with Crippen LogP contribution < -0.4 is 4.90 Å². The zero-order valence-electron chi connectivity index (χ0n) is 35.3. The Kier molecular flexibility index (Phi) is 8.53. The highest BCUT2D eigenvalue weighted by molar-refractivity contribution is 6.18. The number of para-hydroxylation sites is 4. The van der Waals surface area contributed by atoms with Crippen molar-refractivity contribution in [1.29, 1.82) is 0 Å². The van der Waals surface area contributed by atoms with Gasteiger partial charge in [0.25, 0.3) is 0 Å². The summed E-state index contributed by atoms with van der Waals surface area (Å²) in [6.45, 7) is 0. The van der Waals surface area contributed by atoms with E-state index < -0.39 is 0 Å². The van der Waals surface area contributed by atoms with Crippen molar-refractivity contribution in [3.8, 4) is 44.5 Å². The summed E-state index contributed by atoms with van der Waals surface area (Å²) in [5, 5.41) is 9.15. The molecule has 0 atom stereocenters. The maximum absolute atomic E-state index is 6.95. The van der Waals surface area contributed by atoms with Crippen LogP contribution in [0.5, 0.6) is 0 Å². The van der Waals surface area contributed by atoms with Crippen molar-refractivity contribution in [2.45, 2.75) is 0 Å². The molecule has 0 aliphatic carbocycles. The Bertz CT molecular complexity index is 3950. The van der Waals surface area contributed by atoms with E-state index in [0.29, 0.717) is 0 Å². The molecule has 2 aromatic heterocycles. The summed E-state index contributed by atoms with van der Waals surface area (Å²) in [6, 6.07) is 84.5. The molecule has 13 aromatic rings. The zero-order chi connectivity index (χ0) is 42.8. The third-order valence-electron chi connectivity index (χ3n) is 13.1. The molecule has 13 rings (SSSR count). The lowest BCUT2D eigenvalue weighted by atomic mass is 9.97. The van der Waals surface area contributed by atoms with Crippen LogP contribution in [0.1, 0.15) is 0 Å². The van der Waals surface area contributed by atoms with Crippen molar-refractivity contribution in [1.82, 2.24) is 0 Å². The Labute approximate surface area is 375 Å². The molecule has 0 aliphatic rings. The second kappa shape index (κ2) is 15.0. The average molecular weight is 830 g/mol. The first-order valence-corrected chi connectivity index (χ1v) is 22.2. The number of furan rings is 2. The van der Waals surface area contributed by atoms with Crippen molar-refractivity contribution in [3.05, 3.63) is 237 Å². The Morgan fingerprint density at radius 3 is 1.49 bits per heavy atom. The first-order chi connectivity index (χ1) is 32.2. The van der Waals surface area contributed by atoms with E-state index in [4.69, 9.17) is 8.83 Å². The molecule has 0 saturated heterocycles. The number of benzene rings is 11. The molecule has 0 radical (unpaired) electrons. The number of nitrogens with zero attached hydrogens (tertiary/aromatic N) is 1. The predicted octanol–water partition coefficient (Wildman–Crippen LogP) is 17.9. The highest BCUT2D eigenvalue weighted by Crippen LogP contribution is 2.47. The first-order valence-electron chi connectivity index (χ1n) is 22.2. The van der Waals surface area contributed by atoms with E-state index in [1.165, 1.54) is 21.9 Å². The summed E-state index contributed by atoms with van der Waals surface area (Å²) in [4.78, 5) is 2.38. The van der Waals surface area contributed by atoms with Gasteiger partial charge in [-0.3, -0.25) is 0 Å². The molecule has 0 unspecified atom stereocenters. The molecule has 0 bridgehead atoms. The Morgan fingerprint density at radius 2 is 0.723 bits per heavy atom. The van der Waals surface area contributed by atoms with Crippen LogP contribution in [0.3, 0.4) is 0 Å². The van der Waals surface area contributed by atoms with E-state index in [9.17, 15) is 0 Å². The van der Waals surface area contributed by atoms with Crippen LogP contribution >= 0.6 is 0 Å². The molecular formula is C62H39NO2. The van der Waals surface area contributed by atoms with E-state index >= 15 is 0 Å². The number of fused-ring (bicyclic) bond motifs is 9. The minimum Gasteiger partial charge on any atom is -0.455 e. The lowest BCUT2D eigenvalue weighted by Crippen LogP contribution is -2.11. The van der Waals surface area contributed by atoms with Gasteiger partial charge >= 0.3 is 0 Å². The van der Waals surface area contributed by atoms with Crippen molar-refractivity contribution >= 4 is 82.5 Å². The molecule has 0 saturated carbocycles. The second-order valence-corrected chi connectivity index (χ2v) is 16.8. The summed E-state index contributed by atoms with van der Waals surface area (Å²) in [6.07, 6.45) is 0. The number of hydrogen-bond donors (Lipinski definition) is 0. The fourth-order valence-electron chi connectivity index (χ4n) is 10.0. The standard InChI is InChI=1S/C62H39NO2/c1-2-15-41(16-3-1)50-26-12-29-54-55-30-13-27-51(61(55)64-59(50)54)44-20-10-21-46(39-44)63(45-36-33-43(34-37-45)48-25-11-19-40-17-4-6-22-47(40)48)58-32-9-8-24-52(58)53-28-14-31-56-57-38-35-42-18-5-7-23-49(42)60(57)65-62(53)56/h1-39H. The fraction of sp³-hybridized carbons (Fsp3) is 0. The largest absolute Gasteiger partial charge is 0.455 e. The van der Waals surface area contributed by atoms with Crippen molar-refractivity contribution < 1.29 is 8.83 Å². The van der Waals surface area contributed by atoms with Gasteiger partial charge in [-0.1, -0.05) is 200 Å². The van der Waals surface area contributed by atoms with Gasteiger partial charge in [-0.2, -0.15) is 0 Å². The van der Waals surface area contributed by atoms with E-state index in [1.807, 2.05) is 0 Å². The molecule has 3 heteroatoms. The van der Waals surface area contributed by atoms with Gasteiger partial charge in [-0.15, -0.1) is 0 Å². The molecule has 0 spiro atoms. The summed E-state index contributed by atoms with van der Waals surface area (Å²) in [7, 11) is 0. The molecule has 0 amide bonds. The van der Waals surface area contributed by atoms with Gasteiger partial charge in [-0.25, -0.2) is 0 Å². The third-order valence-corrected chi connectivity index (χ3v) is 13.1. The van der Waals surface area contributed by atoms with Crippen LogP contribution in [0.4, 0.5) is 17.1 Å². The van der Waals surface area contributed by atoms with Gasteiger partial charge in [-0.05, 0) is 74.8 Å². The van der Waals surface area contributed by atoms with E-state index in [0.717, 1.165) is 105 Å². The molecule has 65 heavy (non-hydrogen) atoms. The Balaban J connectivity index is 1.00. The van der Waals surface area contributed by atoms with Crippen LogP contribution in [-0.2, 0) is 0 Å². The third kappa shape index (κ3) is 6.05. The van der Waals surface area contributed by atoms with E-state index in [1.54, 1.807) is 0 Å². The Morgan fingerprint density at radius 1 is 0.246 bits per heavy atom. The molecule has 0 N–H and O–H groups in total. The normalized spacial score (nSPS) is 11.7. The first kappa shape index (κ1) is 36.9. The summed E-state index contributed by atoms with van der Waals surface area (Å²) in [5.41, 5.74) is 15.4. The van der Waals surface area contributed by atoms with Gasteiger partial charge in [0.1, 0.15) is 22.3 Å². The van der Waals surface area contributed by atoms with Crippen LogP contribution in [0, 0.1) is 0 Å². The average Bonchev–Trinajstić information content (AvgIpc) is 3.97. The van der Waals surface area contributed by atoms with Gasteiger partial charge < -0.3 is 13.7 Å². The molecule has 304 valence electrons. The summed E-state index contributed by atoms with van der Waals surface area (Å²) < 4.78 is 13.9. The highest BCUT2D eigenvalue weighted by atomic mass is 16.3. The van der Waals surface area contributed by atoms with Crippen LogP contribution in [0.25, 0.3) is 110 Å². The second-order valence-electron chi connectivity index (χ2n) is 16.8. The topological polar surface area (TPSA) is 29.5 Å². The molecule has 11 aromatic carbocycles. The van der Waals surface area contributed by atoms with Crippen molar-refractivity contribution in [3.63, 3.8) is 0 Å². The summed E-state index contributed by atoms with van der Waals surface area (Å²) >= 11 is 0. The van der Waals surface area contributed by atoms with Crippen LogP contribution in [0.15, 0.2) is 245 Å². The summed E-state index contributed by atoms with van der Waals surface area (Å²) in [5.74, 6) is 0. The molecular weight excluding hydrogens is 791 g/mol. The molecule has 0 fully saturated rings. The smallest absolute Gasteiger partial charge is 0.143 e. The highest BCUT2D eigenvalue weighted by Gasteiger charge is 2.23. The van der Waals surface area contributed by atoms with E-state index in [2.05, 4.69) is 241 Å². The van der Waals surface area contributed by atoms with Crippen molar-refractivity contribution in [2.75, 3.05) is 4.90 Å². The minimum absolute atomic E-state index is 0.873. The van der Waals surface area contributed by atoms with Crippen LogP contribution in [-0.4, -0.2) is 0 Å². The van der Waals surface area contributed by atoms with E-state index in [-0.39, 0.29) is 0 Å². The minimum atomic E-state index is 0.873. The number of hydrogen-bond acceptors (Lipinski definition) is 3. The lowest BCUT2D eigenvalue weighted by molar-refractivity contribution is 0.671. The monoisotopic (exact) mass is 829 g/mol. The SMILES string of the molecule is c1ccc(-c2cccc3c2oc2c(-c4cccc(N(c5ccc(-c6cccc7ccccc67)cc5)c5ccccc5-c5cccc6c5oc5c7ccccc7ccc65)c4)cccc23)cc1. The fourth-order valence-corrected chi connectivity index (χ4v) is 10.0. The number of rotatable bonds is 7. The maximum Gasteiger partial charge on any atom is 0.143 e. The quantitative estimate of drug-likeness (QED) is 0.160. The van der Waals surface area contributed by atoms with Crippen LogP contribution in [0.2, 0.25) is 0 Å². The zero-order valence-corrected chi connectivity index (χ0v) is 35.3. The van der Waals surface area contributed by atoms with Gasteiger partial charge in [0.05, 0.1) is 5.69 Å². The maximum atomic E-state index is 6.95. The van der Waals surface area contributed by atoms with Gasteiger partial charge in [0.2, 0.25) is 0 Å². The van der Waals surface area contributed by atoms with Gasteiger partial charge in [0, 0.05) is 60.6 Å². The molecule has 2 heterocycles. The van der Waals surface area contributed by atoms with Gasteiger partial charge in [0.15, 0.2) is 0 Å². The number of anilines is 3. The lowest BCUT2D eigenvalue weighted by Gasteiger charge is -2.28. The predicted molar refractivity (Wildman–Crippen MR) is 272 cm³/mol. The molecule has 0 aliphatic heterocycles.